The van der Waals surface area contributed by atoms with Gasteiger partial charge in [-0.25, -0.2) is 0 Å². The zero-order valence-electron chi connectivity index (χ0n) is 14.3. The highest BCUT2D eigenvalue weighted by Crippen LogP contribution is 2.25. The number of nitrogens with one attached hydrogen (secondary N) is 1. The largest absolute Gasteiger partial charge is 0.493 e. The van der Waals surface area contributed by atoms with Crippen molar-refractivity contribution < 1.29 is 19.1 Å². The molecule has 1 aromatic carbocycles. The van der Waals surface area contributed by atoms with Crippen LogP contribution in [-0.4, -0.2) is 74.6 Å². The quantitative estimate of drug-likeness (QED) is 0.779. The van der Waals surface area contributed by atoms with Crippen molar-refractivity contribution in [1.29, 1.82) is 0 Å². The molecule has 1 N–H and O–H groups in total. The molecule has 1 aliphatic heterocycles. The number of hydrogen-bond donors (Lipinski definition) is 1. The van der Waals surface area contributed by atoms with Crippen molar-refractivity contribution in [2.45, 2.75) is 6.92 Å². The molecule has 0 spiro atoms. The van der Waals surface area contributed by atoms with Gasteiger partial charge < -0.3 is 24.6 Å². The van der Waals surface area contributed by atoms with Gasteiger partial charge in [0.1, 0.15) is 0 Å². The first-order chi connectivity index (χ1) is 11.6. The summed E-state index contributed by atoms with van der Waals surface area (Å²) in [5.41, 5.74) is 0. The van der Waals surface area contributed by atoms with Crippen molar-refractivity contribution >= 4 is 11.8 Å². The van der Waals surface area contributed by atoms with Crippen molar-refractivity contribution in [3.8, 4) is 11.5 Å². The average molecular weight is 335 g/mol. The SMILES string of the molecule is CCN1CCN(C(=O)CNC(=O)COc2ccccc2OC)CC1. The second-order valence-electron chi connectivity index (χ2n) is 5.53. The number of rotatable bonds is 7. The van der Waals surface area contributed by atoms with Crippen LogP contribution in [0.4, 0.5) is 0 Å². The van der Waals surface area contributed by atoms with Crippen LogP contribution >= 0.6 is 0 Å². The fourth-order valence-electron chi connectivity index (χ4n) is 2.53. The molecule has 0 saturated carbocycles. The van der Waals surface area contributed by atoms with E-state index in [-0.39, 0.29) is 25.0 Å². The van der Waals surface area contributed by atoms with Crippen molar-refractivity contribution in [1.82, 2.24) is 15.1 Å². The van der Waals surface area contributed by atoms with Gasteiger partial charge in [-0.3, -0.25) is 9.59 Å². The molecule has 0 unspecified atom stereocenters. The van der Waals surface area contributed by atoms with E-state index in [2.05, 4.69) is 17.1 Å². The standard InChI is InChI=1S/C17H25N3O4/c1-3-19-8-10-20(11-9-19)17(22)12-18-16(21)13-24-15-7-5-4-6-14(15)23-2/h4-7H,3,8-13H2,1-2H3,(H,18,21). The van der Waals surface area contributed by atoms with E-state index in [0.29, 0.717) is 24.6 Å². The van der Waals surface area contributed by atoms with E-state index in [4.69, 9.17) is 9.47 Å². The van der Waals surface area contributed by atoms with Crippen LogP contribution in [0, 0.1) is 0 Å². The van der Waals surface area contributed by atoms with Crippen LogP contribution in [0.1, 0.15) is 6.92 Å². The molecule has 2 rings (SSSR count). The lowest BCUT2D eigenvalue weighted by Gasteiger charge is -2.34. The number of ether oxygens (including phenoxy) is 2. The second-order valence-corrected chi connectivity index (χ2v) is 5.53. The molecular weight excluding hydrogens is 310 g/mol. The molecule has 0 bridgehead atoms. The minimum Gasteiger partial charge on any atom is -0.493 e. The summed E-state index contributed by atoms with van der Waals surface area (Å²) in [7, 11) is 1.54. The number of carbonyl (C=O) groups is 2. The Labute approximate surface area is 142 Å². The van der Waals surface area contributed by atoms with Crippen LogP contribution in [0.15, 0.2) is 24.3 Å². The zero-order chi connectivity index (χ0) is 17.4. The maximum absolute atomic E-state index is 12.1. The van der Waals surface area contributed by atoms with E-state index in [0.717, 1.165) is 19.6 Å². The number of carbonyl (C=O) groups excluding carboxylic acids is 2. The fourth-order valence-corrected chi connectivity index (χ4v) is 2.53. The van der Waals surface area contributed by atoms with Crippen LogP contribution in [-0.2, 0) is 9.59 Å². The maximum atomic E-state index is 12.1. The lowest BCUT2D eigenvalue weighted by atomic mass is 10.3. The minimum absolute atomic E-state index is 0.000241. The number of benzene rings is 1. The van der Waals surface area contributed by atoms with E-state index in [9.17, 15) is 9.59 Å². The highest BCUT2D eigenvalue weighted by atomic mass is 16.5. The molecule has 1 aliphatic rings. The topological polar surface area (TPSA) is 71.1 Å². The minimum atomic E-state index is -0.332. The van der Waals surface area contributed by atoms with Crippen LogP contribution in [0.5, 0.6) is 11.5 Å². The van der Waals surface area contributed by atoms with Gasteiger partial charge in [0.15, 0.2) is 18.1 Å². The first-order valence-corrected chi connectivity index (χ1v) is 8.16. The van der Waals surface area contributed by atoms with Gasteiger partial charge in [-0.2, -0.15) is 0 Å². The summed E-state index contributed by atoms with van der Waals surface area (Å²) >= 11 is 0. The summed E-state index contributed by atoms with van der Waals surface area (Å²) in [6.07, 6.45) is 0. The summed E-state index contributed by atoms with van der Waals surface area (Å²) in [6.45, 7) is 6.14. The molecular formula is C17H25N3O4. The Morgan fingerprint density at radius 1 is 1.12 bits per heavy atom. The third-order valence-corrected chi connectivity index (χ3v) is 4.04. The van der Waals surface area contributed by atoms with Gasteiger partial charge in [0.25, 0.3) is 5.91 Å². The summed E-state index contributed by atoms with van der Waals surface area (Å²) in [6, 6.07) is 7.11. The molecule has 1 heterocycles. The van der Waals surface area contributed by atoms with E-state index in [1.54, 1.807) is 30.2 Å². The molecule has 1 saturated heterocycles. The number of para-hydroxylation sites is 2. The van der Waals surface area contributed by atoms with Crippen molar-refractivity contribution in [2.24, 2.45) is 0 Å². The van der Waals surface area contributed by atoms with Gasteiger partial charge >= 0.3 is 0 Å². The molecule has 0 aromatic heterocycles. The first kappa shape index (κ1) is 18.1. The number of likely N-dealkylation sites (N-methyl/N-ethyl adjacent to an activating group) is 1. The van der Waals surface area contributed by atoms with Crippen LogP contribution in [0.25, 0.3) is 0 Å². The summed E-state index contributed by atoms with van der Waals surface area (Å²) in [4.78, 5) is 28.0. The number of hydrogen-bond acceptors (Lipinski definition) is 5. The lowest BCUT2D eigenvalue weighted by molar-refractivity contribution is -0.134. The number of amides is 2. The van der Waals surface area contributed by atoms with Gasteiger partial charge in [-0.15, -0.1) is 0 Å². The van der Waals surface area contributed by atoms with Crippen molar-refractivity contribution in [2.75, 3.05) is 53.0 Å². The van der Waals surface area contributed by atoms with E-state index < -0.39 is 0 Å². The van der Waals surface area contributed by atoms with Crippen LogP contribution < -0.4 is 14.8 Å². The first-order valence-electron chi connectivity index (χ1n) is 8.16. The van der Waals surface area contributed by atoms with Gasteiger partial charge in [0, 0.05) is 26.2 Å². The van der Waals surface area contributed by atoms with Crippen molar-refractivity contribution in [3.05, 3.63) is 24.3 Å². The average Bonchev–Trinajstić information content (AvgIpc) is 2.64. The summed E-state index contributed by atoms with van der Waals surface area (Å²) in [5, 5.41) is 2.60. The van der Waals surface area contributed by atoms with E-state index in [1.807, 2.05) is 6.07 Å². The molecule has 0 atom stereocenters. The monoisotopic (exact) mass is 335 g/mol. The Hall–Kier alpha value is -2.28. The van der Waals surface area contributed by atoms with Crippen LogP contribution in [0.3, 0.4) is 0 Å². The Kier molecular flexibility index (Phi) is 6.87. The Morgan fingerprint density at radius 2 is 1.79 bits per heavy atom. The molecule has 1 fully saturated rings. The number of nitrogens with zero attached hydrogens (tertiary/aromatic N) is 2. The maximum Gasteiger partial charge on any atom is 0.258 e. The van der Waals surface area contributed by atoms with Gasteiger partial charge in [-0.1, -0.05) is 19.1 Å². The summed E-state index contributed by atoms with van der Waals surface area (Å²) in [5.74, 6) is 0.671. The molecule has 1 aromatic rings. The normalized spacial score (nSPS) is 15.0. The van der Waals surface area contributed by atoms with Gasteiger partial charge in [0.05, 0.1) is 13.7 Å². The molecule has 0 radical (unpaired) electrons. The number of methoxy groups -OCH3 is 1. The second kappa shape index (κ2) is 9.12. The summed E-state index contributed by atoms with van der Waals surface area (Å²) < 4.78 is 10.6. The predicted molar refractivity (Wildman–Crippen MR) is 90.2 cm³/mol. The lowest BCUT2D eigenvalue weighted by Crippen LogP contribution is -2.51. The smallest absolute Gasteiger partial charge is 0.258 e. The predicted octanol–water partition coefficient (Wildman–Crippen LogP) is 0.354. The highest BCUT2D eigenvalue weighted by Gasteiger charge is 2.20. The van der Waals surface area contributed by atoms with Crippen LogP contribution in [0.2, 0.25) is 0 Å². The molecule has 7 nitrogen and oxygen atoms in total. The highest BCUT2D eigenvalue weighted by molar-refractivity contribution is 5.85. The third kappa shape index (κ3) is 5.13. The molecule has 0 aliphatic carbocycles. The molecule has 2 amide bonds. The van der Waals surface area contributed by atoms with Crippen molar-refractivity contribution in [3.63, 3.8) is 0 Å². The van der Waals surface area contributed by atoms with E-state index in [1.165, 1.54) is 0 Å². The van der Waals surface area contributed by atoms with Gasteiger partial charge in [0.2, 0.25) is 5.91 Å². The Bertz CT molecular complexity index is 557. The zero-order valence-corrected chi connectivity index (χ0v) is 14.3. The van der Waals surface area contributed by atoms with Gasteiger partial charge in [-0.05, 0) is 18.7 Å². The molecule has 7 heteroatoms. The molecule has 132 valence electrons. The molecule has 24 heavy (non-hydrogen) atoms. The Morgan fingerprint density at radius 3 is 2.42 bits per heavy atom. The third-order valence-electron chi connectivity index (χ3n) is 4.04. The fraction of sp³-hybridized carbons (Fsp3) is 0.529. The van der Waals surface area contributed by atoms with E-state index >= 15 is 0 Å². The Balaban J connectivity index is 1.70. The number of piperazine rings is 1.